The van der Waals surface area contributed by atoms with E-state index in [0.29, 0.717) is 18.0 Å². The Balaban J connectivity index is 2.53. The maximum Gasteiger partial charge on any atom is 0.244 e. The van der Waals surface area contributed by atoms with Gasteiger partial charge in [-0.1, -0.05) is 30.7 Å². The minimum absolute atomic E-state index is 0.166. The van der Waals surface area contributed by atoms with Crippen molar-refractivity contribution in [2.24, 2.45) is 5.92 Å². The molecule has 106 valence electrons. The highest BCUT2D eigenvalue weighted by molar-refractivity contribution is 6.30. The summed E-state index contributed by atoms with van der Waals surface area (Å²) in [6.07, 6.45) is 1.43. The fourth-order valence-electron chi connectivity index (χ4n) is 1.69. The molecule has 0 aromatic heterocycles. The molecule has 1 atom stereocenters. The lowest BCUT2D eigenvalue weighted by Crippen LogP contribution is -2.35. The van der Waals surface area contributed by atoms with Crippen LogP contribution in [0.15, 0.2) is 24.3 Å². The van der Waals surface area contributed by atoms with E-state index in [0.717, 1.165) is 12.0 Å². The number of carbonyl (C=O) groups is 2. The minimum Gasteiger partial charge on any atom is -0.355 e. The lowest BCUT2D eigenvalue weighted by atomic mass is 9.98. The van der Waals surface area contributed by atoms with Gasteiger partial charge >= 0.3 is 0 Å². The third kappa shape index (κ3) is 5.02. The van der Waals surface area contributed by atoms with E-state index in [1.54, 1.807) is 18.2 Å². The molecule has 1 N–H and O–H groups in total. The highest BCUT2D eigenvalue weighted by Crippen LogP contribution is 2.12. The van der Waals surface area contributed by atoms with E-state index in [9.17, 15) is 9.59 Å². The second-order valence-corrected chi connectivity index (χ2v) is 4.88. The minimum atomic E-state index is -1.21. The summed E-state index contributed by atoms with van der Waals surface area (Å²) in [6, 6.07) is 8.92. The first-order valence-electron chi connectivity index (χ1n) is 6.53. The maximum atomic E-state index is 11.9. The van der Waals surface area contributed by atoms with Gasteiger partial charge in [0.15, 0.2) is 11.7 Å². The average Bonchev–Trinajstić information content (AvgIpc) is 2.45. The molecule has 5 heteroatoms. The van der Waals surface area contributed by atoms with Crippen molar-refractivity contribution in [3.05, 3.63) is 34.9 Å². The molecule has 1 aromatic rings. The lowest BCUT2D eigenvalue weighted by Gasteiger charge is -2.08. The molecule has 0 aliphatic carbocycles. The molecule has 4 nitrogen and oxygen atoms in total. The normalized spacial score (nSPS) is 11.4. The summed E-state index contributed by atoms with van der Waals surface area (Å²) in [6.45, 7) is 2.38. The fourth-order valence-corrected chi connectivity index (χ4v) is 1.82. The predicted molar refractivity (Wildman–Crippen MR) is 77.2 cm³/mol. The summed E-state index contributed by atoms with van der Waals surface area (Å²) in [5.74, 6) is -2.07. The molecule has 0 saturated heterocycles. The zero-order valence-corrected chi connectivity index (χ0v) is 12.1. The number of nitrogens with one attached hydrogen (secondary N) is 1. The molecule has 0 radical (unpaired) electrons. The number of ketones is 1. The Bertz CT molecular complexity index is 506. The van der Waals surface area contributed by atoms with E-state index < -0.39 is 11.8 Å². The molecule has 0 heterocycles. The molecular formula is C15H17ClN2O2. The van der Waals surface area contributed by atoms with Gasteiger partial charge in [0, 0.05) is 18.0 Å². The standard InChI is InChI=1S/C15H17ClN2O2/c1-2-9-18-15(20)13(10-17)14(19)8-5-11-3-6-12(16)7-4-11/h3-4,6-7,13H,2,5,8-9H2,1H3,(H,18,20). The smallest absolute Gasteiger partial charge is 0.244 e. The number of aryl methyl sites for hydroxylation is 1. The van der Waals surface area contributed by atoms with Crippen molar-refractivity contribution in [2.45, 2.75) is 26.2 Å². The molecular weight excluding hydrogens is 276 g/mol. The van der Waals surface area contributed by atoms with E-state index in [1.165, 1.54) is 0 Å². The monoisotopic (exact) mass is 292 g/mol. The van der Waals surface area contributed by atoms with Crippen molar-refractivity contribution in [3.63, 3.8) is 0 Å². The van der Waals surface area contributed by atoms with Gasteiger partial charge in [0.05, 0.1) is 6.07 Å². The van der Waals surface area contributed by atoms with Crippen LogP contribution in [0.25, 0.3) is 0 Å². The lowest BCUT2D eigenvalue weighted by molar-refractivity contribution is -0.131. The largest absolute Gasteiger partial charge is 0.355 e. The Morgan fingerprint density at radius 1 is 1.35 bits per heavy atom. The van der Waals surface area contributed by atoms with Gasteiger partial charge in [-0.25, -0.2) is 0 Å². The van der Waals surface area contributed by atoms with Gasteiger partial charge in [0.2, 0.25) is 5.91 Å². The van der Waals surface area contributed by atoms with Crippen molar-refractivity contribution in [3.8, 4) is 6.07 Å². The third-order valence-corrected chi connectivity index (χ3v) is 3.09. The van der Waals surface area contributed by atoms with Crippen LogP contribution in [-0.2, 0) is 16.0 Å². The van der Waals surface area contributed by atoms with E-state index in [-0.39, 0.29) is 12.2 Å². The summed E-state index contributed by atoms with van der Waals surface area (Å²) < 4.78 is 0. The van der Waals surface area contributed by atoms with Crippen molar-refractivity contribution in [2.75, 3.05) is 6.54 Å². The molecule has 0 spiro atoms. The van der Waals surface area contributed by atoms with Crippen LogP contribution in [0.2, 0.25) is 5.02 Å². The van der Waals surface area contributed by atoms with Gasteiger partial charge in [0.1, 0.15) is 0 Å². The number of nitriles is 1. The van der Waals surface area contributed by atoms with Crippen LogP contribution in [0.4, 0.5) is 0 Å². The Hall–Kier alpha value is -1.86. The Morgan fingerprint density at radius 3 is 2.55 bits per heavy atom. The molecule has 0 fully saturated rings. The zero-order chi connectivity index (χ0) is 15.0. The third-order valence-electron chi connectivity index (χ3n) is 2.84. The Kier molecular flexibility index (Phi) is 6.75. The molecule has 1 unspecified atom stereocenters. The van der Waals surface area contributed by atoms with Gasteiger partial charge < -0.3 is 5.32 Å². The van der Waals surface area contributed by atoms with E-state index in [2.05, 4.69) is 5.32 Å². The molecule has 0 bridgehead atoms. The second kappa shape index (κ2) is 8.34. The summed E-state index contributed by atoms with van der Waals surface area (Å²) in [4.78, 5) is 23.6. The number of Topliss-reactive ketones (excluding diaryl/α,β-unsaturated/α-hetero) is 1. The Morgan fingerprint density at radius 2 is 2.00 bits per heavy atom. The zero-order valence-electron chi connectivity index (χ0n) is 11.4. The van der Waals surface area contributed by atoms with Gasteiger partial charge in [-0.3, -0.25) is 9.59 Å². The fraction of sp³-hybridized carbons (Fsp3) is 0.400. The molecule has 1 aromatic carbocycles. The topological polar surface area (TPSA) is 70.0 Å². The van der Waals surface area contributed by atoms with Crippen molar-refractivity contribution in [1.29, 1.82) is 5.26 Å². The Labute approximate surface area is 123 Å². The molecule has 1 rings (SSSR count). The van der Waals surface area contributed by atoms with Gasteiger partial charge in [0.25, 0.3) is 0 Å². The number of nitrogens with zero attached hydrogens (tertiary/aromatic N) is 1. The van der Waals surface area contributed by atoms with Crippen molar-refractivity contribution in [1.82, 2.24) is 5.32 Å². The quantitative estimate of drug-likeness (QED) is 0.785. The van der Waals surface area contributed by atoms with Crippen LogP contribution in [0.5, 0.6) is 0 Å². The number of hydrogen-bond acceptors (Lipinski definition) is 3. The number of carbonyl (C=O) groups excluding carboxylic acids is 2. The van der Waals surface area contributed by atoms with E-state index >= 15 is 0 Å². The molecule has 0 saturated carbocycles. The maximum absolute atomic E-state index is 11.9. The first-order valence-corrected chi connectivity index (χ1v) is 6.90. The highest BCUT2D eigenvalue weighted by atomic mass is 35.5. The van der Waals surface area contributed by atoms with Crippen LogP contribution >= 0.6 is 11.6 Å². The van der Waals surface area contributed by atoms with Crippen LogP contribution < -0.4 is 5.32 Å². The summed E-state index contributed by atoms with van der Waals surface area (Å²) >= 11 is 5.77. The summed E-state index contributed by atoms with van der Waals surface area (Å²) in [7, 11) is 0. The molecule has 20 heavy (non-hydrogen) atoms. The van der Waals surface area contributed by atoms with Crippen LogP contribution in [0.3, 0.4) is 0 Å². The number of halogens is 1. The first-order chi connectivity index (χ1) is 9.58. The van der Waals surface area contributed by atoms with Gasteiger partial charge in [-0.05, 0) is 30.5 Å². The van der Waals surface area contributed by atoms with Gasteiger partial charge in [-0.15, -0.1) is 0 Å². The molecule has 0 aliphatic heterocycles. The van der Waals surface area contributed by atoms with Crippen LogP contribution in [0.1, 0.15) is 25.3 Å². The molecule has 1 amide bonds. The highest BCUT2D eigenvalue weighted by Gasteiger charge is 2.25. The summed E-state index contributed by atoms with van der Waals surface area (Å²) in [5.41, 5.74) is 0.952. The number of benzene rings is 1. The average molecular weight is 293 g/mol. The summed E-state index contributed by atoms with van der Waals surface area (Å²) in [5, 5.41) is 12.2. The van der Waals surface area contributed by atoms with Gasteiger partial charge in [-0.2, -0.15) is 5.26 Å². The number of amides is 1. The number of hydrogen-bond donors (Lipinski definition) is 1. The predicted octanol–water partition coefficient (Wildman–Crippen LogP) is 2.51. The second-order valence-electron chi connectivity index (χ2n) is 4.45. The van der Waals surface area contributed by atoms with Crippen LogP contribution in [-0.4, -0.2) is 18.2 Å². The molecule has 0 aliphatic rings. The van der Waals surface area contributed by atoms with Crippen LogP contribution in [0, 0.1) is 17.2 Å². The number of rotatable bonds is 7. The first kappa shape index (κ1) is 16.2. The van der Waals surface area contributed by atoms with E-state index in [1.807, 2.05) is 19.1 Å². The van der Waals surface area contributed by atoms with E-state index in [4.69, 9.17) is 16.9 Å². The van der Waals surface area contributed by atoms with Crippen molar-refractivity contribution < 1.29 is 9.59 Å². The van der Waals surface area contributed by atoms with Crippen molar-refractivity contribution >= 4 is 23.3 Å². The SMILES string of the molecule is CCCNC(=O)C(C#N)C(=O)CCc1ccc(Cl)cc1.